The maximum Gasteiger partial charge on any atom is 0.339 e. The number of aromatic carboxylic acids is 1. The molecule has 86 valence electrons. The van der Waals surface area contributed by atoms with E-state index in [4.69, 9.17) is 44.6 Å². The van der Waals surface area contributed by atoms with E-state index >= 15 is 0 Å². The van der Waals surface area contributed by atoms with Gasteiger partial charge in [0.1, 0.15) is 17.9 Å². The lowest BCUT2D eigenvalue weighted by Gasteiger charge is -2.08. The van der Waals surface area contributed by atoms with Gasteiger partial charge in [-0.3, -0.25) is 0 Å². The summed E-state index contributed by atoms with van der Waals surface area (Å²) in [6.07, 6.45) is 0. The van der Waals surface area contributed by atoms with Gasteiger partial charge in [0.15, 0.2) is 0 Å². The van der Waals surface area contributed by atoms with Crippen LogP contribution in [0.25, 0.3) is 0 Å². The Labute approximate surface area is 107 Å². The summed E-state index contributed by atoms with van der Waals surface area (Å²) in [6.45, 7) is -0.00826. The molecule has 0 saturated heterocycles. The number of hydrogen-bond donors (Lipinski definition) is 1. The van der Waals surface area contributed by atoms with Gasteiger partial charge < -0.3 is 9.84 Å². The van der Waals surface area contributed by atoms with Crippen molar-refractivity contribution in [3.63, 3.8) is 0 Å². The summed E-state index contributed by atoms with van der Waals surface area (Å²) in [4.78, 5) is 10.9. The highest BCUT2D eigenvalue weighted by atomic mass is 35.5. The molecule has 1 aromatic rings. The van der Waals surface area contributed by atoms with Crippen molar-refractivity contribution in [1.82, 2.24) is 0 Å². The zero-order valence-electron chi connectivity index (χ0n) is 7.91. The second-order valence-corrected chi connectivity index (χ2v) is 3.93. The fourth-order valence-electron chi connectivity index (χ4n) is 0.970. The SMILES string of the molecule is O=C(O)c1ccc(Cl)cc1OCC(Cl)=CCl. The highest BCUT2D eigenvalue weighted by Crippen LogP contribution is 2.24. The summed E-state index contributed by atoms with van der Waals surface area (Å²) in [6, 6.07) is 4.23. The maximum absolute atomic E-state index is 10.9. The first-order valence-corrected chi connectivity index (χ1v) is 5.34. The van der Waals surface area contributed by atoms with Gasteiger partial charge in [0.25, 0.3) is 0 Å². The molecule has 0 aliphatic rings. The van der Waals surface area contributed by atoms with Gasteiger partial charge in [-0.05, 0) is 18.2 Å². The van der Waals surface area contributed by atoms with Gasteiger partial charge >= 0.3 is 5.97 Å². The molecule has 1 aromatic carbocycles. The maximum atomic E-state index is 10.9. The first-order valence-electron chi connectivity index (χ1n) is 4.15. The van der Waals surface area contributed by atoms with Crippen LogP contribution in [-0.2, 0) is 0 Å². The molecule has 0 atom stereocenters. The van der Waals surface area contributed by atoms with Crippen LogP contribution < -0.4 is 4.74 Å². The Kier molecular flexibility index (Phi) is 4.93. The zero-order valence-corrected chi connectivity index (χ0v) is 10.2. The van der Waals surface area contributed by atoms with Crippen molar-refractivity contribution in [2.75, 3.05) is 6.61 Å². The van der Waals surface area contributed by atoms with Gasteiger partial charge in [-0.2, -0.15) is 0 Å². The number of carbonyl (C=O) groups is 1. The highest BCUT2D eigenvalue weighted by molar-refractivity contribution is 6.36. The van der Waals surface area contributed by atoms with Crippen molar-refractivity contribution in [2.45, 2.75) is 0 Å². The predicted octanol–water partition coefficient (Wildman–Crippen LogP) is 3.74. The molecule has 0 heterocycles. The van der Waals surface area contributed by atoms with E-state index in [0.29, 0.717) is 5.02 Å². The van der Waals surface area contributed by atoms with E-state index in [2.05, 4.69) is 0 Å². The molecule has 0 bridgehead atoms. The Morgan fingerprint density at radius 1 is 1.50 bits per heavy atom. The van der Waals surface area contributed by atoms with Crippen LogP contribution in [0.2, 0.25) is 5.02 Å². The summed E-state index contributed by atoms with van der Waals surface area (Å²) >= 11 is 16.7. The van der Waals surface area contributed by atoms with E-state index in [0.717, 1.165) is 5.54 Å². The average Bonchev–Trinajstić information content (AvgIpc) is 2.25. The average molecular weight is 282 g/mol. The molecule has 0 amide bonds. The number of hydrogen-bond acceptors (Lipinski definition) is 2. The van der Waals surface area contributed by atoms with Gasteiger partial charge in [-0.1, -0.05) is 34.8 Å². The molecule has 0 unspecified atom stereocenters. The molecule has 6 heteroatoms. The van der Waals surface area contributed by atoms with E-state index in [-0.39, 0.29) is 23.0 Å². The second-order valence-electron chi connectivity index (χ2n) is 2.79. The molecule has 1 rings (SSSR count). The molecule has 0 aliphatic heterocycles. The lowest BCUT2D eigenvalue weighted by molar-refractivity contribution is 0.0693. The summed E-state index contributed by atoms with van der Waals surface area (Å²) in [7, 11) is 0. The molecule has 1 N–H and O–H groups in total. The second kappa shape index (κ2) is 5.99. The molecule has 0 aromatic heterocycles. The number of benzene rings is 1. The third-order valence-electron chi connectivity index (χ3n) is 1.66. The Bertz CT molecular complexity index is 429. The summed E-state index contributed by atoms with van der Waals surface area (Å²) in [5.74, 6) is -0.950. The van der Waals surface area contributed by atoms with Crippen LogP contribution in [0.5, 0.6) is 5.75 Å². The number of halogens is 3. The summed E-state index contributed by atoms with van der Waals surface area (Å²) in [5.41, 5.74) is 1.16. The van der Waals surface area contributed by atoms with Crippen LogP contribution >= 0.6 is 34.8 Å². The third-order valence-corrected chi connectivity index (χ3v) is 2.49. The standard InChI is InChI=1S/C10H7Cl3O3/c11-4-7(13)5-16-9-3-6(12)1-2-8(9)10(14)15/h1-4H,5H2,(H,14,15). The first-order chi connectivity index (χ1) is 7.54. The molecule has 0 fully saturated rings. The minimum absolute atomic E-state index is 0.00826. The lowest BCUT2D eigenvalue weighted by atomic mass is 10.2. The number of carboxylic acid groups (broad SMARTS) is 1. The van der Waals surface area contributed by atoms with E-state index in [1.165, 1.54) is 18.2 Å². The molecule has 3 nitrogen and oxygen atoms in total. The van der Waals surface area contributed by atoms with E-state index in [1.807, 2.05) is 0 Å². The van der Waals surface area contributed by atoms with Gasteiger partial charge in [0.05, 0.1) is 5.03 Å². The van der Waals surface area contributed by atoms with Crippen LogP contribution in [-0.4, -0.2) is 17.7 Å². The molecule has 16 heavy (non-hydrogen) atoms. The number of rotatable bonds is 4. The van der Waals surface area contributed by atoms with Crippen molar-refractivity contribution < 1.29 is 14.6 Å². The topological polar surface area (TPSA) is 46.5 Å². The van der Waals surface area contributed by atoms with Gasteiger partial charge in [-0.15, -0.1) is 0 Å². The Morgan fingerprint density at radius 2 is 2.19 bits per heavy atom. The van der Waals surface area contributed by atoms with Crippen LogP contribution in [0.3, 0.4) is 0 Å². The van der Waals surface area contributed by atoms with E-state index < -0.39 is 5.97 Å². The Hall–Kier alpha value is -0.900. The quantitative estimate of drug-likeness (QED) is 0.914. The van der Waals surface area contributed by atoms with Crippen molar-refractivity contribution in [3.8, 4) is 5.75 Å². The molecular weight excluding hydrogens is 274 g/mol. The van der Waals surface area contributed by atoms with Crippen molar-refractivity contribution in [3.05, 3.63) is 39.4 Å². The van der Waals surface area contributed by atoms with Gasteiger partial charge in [0, 0.05) is 10.6 Å². The Morgan fingerprint density at radius 3 is 2.75 bits per heavy atom. The number of ether oxygens (including phenoxy) is 1. The highest BCUT2D eigenvalue weighted by Gasteiger charge is 2.11. The van der Waals surface area contributed by atoms with Crippen LogP contribution in [0.1, 0.15) is 10.4 Å². The van der Waals surface area contributed by atoms with Crippen molar-refractivity contribution in [2.24, 2.45) is 0 Å². The molecule has 0 saturated carbocycles. The molecule has 0 radical (unpaired) electrons. The molecular formula is C10H7Cl3O3. The monoisotopic (exact) mass is 280 g/mol. The Balaban J connectivity index is 2.92. The smallest absolute Gasteiger partial charge is 0.339 e. The van der Waals surface area contributed by atoms with Gasteiger partial charge in [-0.25, -0.2) is 4.79 Å². The first kappa shape index (κ1) is 13.2. The normalized spacial score (nSPS) is 11.3. The number of carboxylic acids is 1. The fourth-order valence-corrected chi connectivity index (χ4v) is 1.25. The van der Waals surface area contributed by atoms with Crippen molar-refractivity contribution >= 4 is 40.8 Å². The van der Waals surface area contributed by atoms with Crippen LogP contribution in [0.4, 0.5) is 0 Å². The molecule has 0 spiro atoms. The van der Waals surface area contributed by atoms with E-state index in [9.17, 15) is 4.79 Å². The largest absolute Gasteiger partial charge is 0.487 e. The zero-order chi connectivity index (χ0) is 12.1. The minimum Gasteiger partial charge on any atom is -0.487 e. The van der Waals surface area contributed by atoms with Crippen molar-refractivity contribution in [1.29, 1.82) is 0 Å². The minimum atomic E-state index is -1.10. The predicted molar refractivity (Wildman–Crippen MR) is 63.7 cm³/mol. The fraction of sp³-hybridized carbons (Fsp3) is 0.100. The third kappa shape index (κ3) is 3.59. The molecule has 0 aliphatic carbocycles. The van der Waals surface area contributed by atoms with Crippen LogP contribution in [0, 0.1) is 0 Å². The van der Waals surface area contributed by atoms with E-state index in [1.54, 1.807) is 0 Å². The lowest BCUT2D eigenvalue weighted by Crippen LogP contribution is -2.04. The van der Waals surface area contributed by atoms with Gasteiger partial charge in [0.2, 0.25) is 0 Å². The summed E-state index contributed by atoms with van der Waals surface area (Å²) in [5, 5.41) is 9.52. The summed E-state index contributed by atoms with van der Waals surface area (Å²) < 4.78 is 5.18. The van der Waals surface area contributed by atoms with Crippen LogP contribution in [0.15, 0.2) is 28.8 Å².